The van der Waals surface area contributed by atoms with E-state index >= 15 is 0 Å². The molecule has 2 bridgehead atoms. The summed E-state index contributed by atoms with van der Waals surface area (Å²) in [5.41, 5.74) is -0.712. The Morgan fingerprint density at radius 1 is 1.30 bits per heavy atom. The maximum Gasteiger partial charge on any atom is 0.316 e. The van der Waals surface area contributed by atoms with Crippen molar-refractivity contribution < 1.29 is 29.3 Å². The van der Waals surface area contributed by atoms with E-state index < -0.39 is 23.0 Å². The molecule has 0 radical (unpaired) electrons. The fraction of sp³-hybridized carbons (Fsp3) is 0.758. The SMILES string of the molecule is C=C[C@]1(C)C[C@@H](OC(=O)CSCc2csc(NC(=O)CN3CCC[C@@H]3CO)n2)[C@]2(C)C(C)CCC3(CCC(=O)C32)[C@@H](C)[C@@H]1O. The lowest BCUT2D eigenvalue weighted by Gasteiger charge is -2.61. The number of Topliss-reactive ketones (excluding diaryl/α,β-unsaturated/α-hetero) is 1. The molecule has 9 nitrogen and oxygen atoms in total. The van der Waals surface area contributed by atoms with Gasteiger partial charge in [-0.2, -0.15) is 0 Å². The average Bonchev–Trinajstić information content (AvgIpc) is 3.73. The summed E-state index contributed by atoms with van der Waals surface area (Å²) < 4.78 is 6.33. The quantitative estimate of drug-likeness (QED) is 0.245. The molecule has 11 heteroatoms. The van der Waals surface area contributed by atoms with E-state index in [4.69, 9.17) is 4.74 Å². The highest BCUT2D eigenvalue weighted by atomic mass is 32.2. The van der Waals surface area contributed by atoms with E-state index in [-0.39, 0.29) is 65.8 Å². The van der Waals surface area contributed by atoms with Crippen LogP contribution >= 0.6 is 23.1 Å². The minimum absolute atomic E-state index is 0.0375. The molecule has 1 aromatic rings. The van der Waals surface area contributed by atoms with Crippen molar-refractivity contribution in [1.29, 1.82) is 0 Å². The lowest BCUT2D eigenvalue weighted by Crippen LogP contribution is -2.63. The predicted octanol–water partition coefficient (Wildman–Crippen LogP) is 4.68. The van der Waals surface area contributed by atoms with Gasteiger partial charge in [0.05, 0.1) is 30.7 Å². The maximum absolute atomic E-state index is 13.6. The molecule has 3 unspecified atom stereocenters. The van der Waals surface area contributed by atoms with Crippen molar-refractivity contribution in [2.24, 2.45) is 34.0 Å². The van der Waals surface area contributed by atoms with Gasteiger partial charge in [0, 0.05) is 40.3 Å². The van der Waals surface area contributed by atoms with Crippen molar-refractivity contribution in [3.63, 3.8) is 0 Å². The first-order valence-electron chi connectivity index (χ1n) is 16.1. The zero-order chi connectivity index (χ0) is 31.9. The summed E-state index contributed by atoms with van der Waals surface area (Å²) >= 11 is 2.76. The lowest BCUT2D eigenvalue weighted by atomic mass is 9.44. The number of thioether (sulfide) groups is 1. The van der Waals surface area contributed by atoms with E-state index in [0.717, 1.165) is 44.3 Å². The molecule has 1 amide bonds. The van der Waals surface area contributed by atoms with E-state index in [1.165, 1.54) is 23.1 Å². The van der Waals surface area contributed by atoms with Crippen LogP contribution in [0.15, 0.2) is 18.0 Å². The lowest BCUT2D eigenvalue weighted by molar-refractivity contribution is -0.205. The largest absolute Gasteiger partial charge is 0.461 e. The number of nitrogens with one attached hydrogen (secondary N) is 1. The number of likely N-dealkylation sites (tertiary alicyclic amines) is 1. The number of amides is 1. The summed E-state index contributed by atoms with van der Waals surface area (Å²) in [4.78, 5) is 46.0. The molecule has 2 heterocycles. The van der Waals surface area contributed by atoms with Crippen LogP contribution in [0.1, 0.15) is 78.3 Å². The molecule has 1 saturated heterocycles. The molecule has 1 aliphatic heterocycles. The first kappa shape index (κ1) is 33.6. The molecule has 44 heavy (non-hydrogen) atoms. The minimum atomic E-state index is -0.687. The zero-order valence-corrected chi connectivity index (χ0v) is 28.2. The third kappa shape index (κ3) is 6.04. The van der Waals surface area contributed by atoms with Gasteiger partial charge in [-0.15, -0.1) is 29.7 Å². The Kier molecular flexibility index (Phi) is 10.0. The normalized spacial score (nSPS) is 38.9. The molecule has 0 spiro atoms. The highest BCUT2D eigenvalue weighted by Crippen LogP contribution is 2.68. The summed E-state index contributed by atoms with van der Waals surface area (Å²) in [7, 11) is 0. The van der Waals surface area contributed by atoms with Gasteiger partial charge in [-0.25, -0.2) is 4.98 Å². The van der Waals surface area contributed by atoms with Gasteiger partial charge in [0.25, 0.3) is 0 Å². The Bertz CT molecular complexity index is 1260. The van der Waals surface area contributed by atoms with E-state index in [9.17, 15) is 24.6 Å². The Hall–Kier alpha value is -1.79. The van der Waals surface area contributed by atoms with Gasteiger partial charge in [-0.3, -0.25) is 19.3 Å². The number of aliphatic hydroxyl groups excluding tert-OH is 2. The van der Waals surface area contributed by atoms with Crippen LogP contribution in [0, 0.1) is 34.0 Å². The molecule has 1 aromatic heterocycles. The summed E-state index contributed by atoms with van der Waals surface area (Å²) in [6.45, 7) is 13.6. The van der Waals surface area contributed by atoms with Gasteiger partial charge in [0.1, 0.15) is 11.9 Å². The molecule has 4 aliphatic rings. The van der Waals surface area contributed by atoms with Crippen molar-refractivity contribution in [3.05, 3.63) is 23.7 Å². The number of nitrogens with zero attached hydrogens (tertiary/aromatic N) is 2. The molecule has 4 fully saturated rings. The number of rotatable bonds is 10. The molecule has 9 atom stereocenters. The first-order valence-corrected chi connectivity index (χ1v) is 18.1. The Balaban J connectivity index is 1.22. The number of carbonyl (C=O) groups excluding carboxylic acids is 3. The molecule has 3 aliphatic carbocycles. The van der Waals surface area contributed by atoms with Crippen molar-refractivity contribution >= 4 is 45.9 Å². The van der Waals surface area contributed by atoms with Crippen LogP contribution in [-0.4, -0.2) is 81.5 Å². The third-order valence-electron chi connectivity index (χ3n) is 11.9. The Morgan fingerprint density at radius 2 is 2.07 bits per heavy atom. The second-order valence-corrected chi connectivity index (χ2v) is 16.0. The second kappa shape index (κ2) is 13.1. The maximum atomic E-state index is 13.6. The van der Waals surface area contributed by atoms with Crippen LogP contribution in [0.25, 0.3) is 0 Å². The zero-order valence-electron chi connectivity index (χ0n) is 26.5. The average molecular weight is 648 g/mol. The molecular formula is C33H49N3O6S2. The van der Waals surface area contributed by atoms with Crippen LogP contribution in [0.5, 0.6) is 0 Å². The third-order valence-corrected chi connectivity index (χ3v) is 13.6. The van der Waals surface area contributed by atoms with Gasteiger partial charge in [0.2, 0.25) is 5.91 Å². The van der Waals surface area contributed by atoms with Crippen molar-refractivity contribution in [2.75, 3.05) is 30.8 Å². The summed E-state index contributed by atoms with van der Waals surface area (Å²) in [5, 5.41) is 26.4. The number of anilines is 1. The van der Waals surface area contributed by atoms with Crippen LogP contribution in [0.2, 0.25) is 0 Å². The first-order chi connectivity index (χ1) is 20.9. The second-order valence-electron chi connectivity index (χ2n) is 14.2. The van der Waals surface area contributed by atoms with Gasteiger partial charge in [0.15, 0.2) is 5.13 Å². The number of hydrogen-bond acceptors (Lipinski definition) is 10. The number of carbonyl (C=O) groups is 3. The molecule has 3 saturated carbocycles. The smallest absolute Gasteiger partial charge is 0.316 e. The number of esters is 1. The summed E-state index contributed by atoms with van der Waals surface area (Å²) in [6, 6.07) is 0.0375. The number of aliphatic hydroxyl groups is 2. The highest BCUT2D eigenvalue weighted by molar-refractivity contribution is 7.99. The molecule has 244 valence electrons. The van der Waals surface area contributed by atoms with Crippen LogP contribution in [-0.2, 0) is 24.9 Å². The van der Waals surface area contributed by atoms with E-state index in [0.29, 0.717) is 23.7 Å². The standard InChI is InChI=1S/C33H49N3O6S2/c1-6-31(4)14-25(32(5)20(2)9-11-33(21(3)29(31)41)12-10-24(38)28(32)33)42-27(40)19-43-17-22-18-44-30(34-22)35-26(39)15-36-13-7-8-23(36)16-37/h6,18,20-21,23,25,28-29,37,41H,1,7-17,19H2,2-5H3,(H,34,35,39)/t20?,21-,23+,25+,28?,29-,31+,32-,33?/m0/s1. The van der Waals surface area contributed by atoms with E-state index in [2.05, 4.69) is 37.7 Å². The fourth-order valence-corrected chi connectivity index (χ4v) is 10.5. The molecule has 3 N–H and O–H groups in total. The van der Waals surface area contributed by atoms with Gasteiger partial charge in [-0.1, -0.05) is 33.8 Å². The molecule has 5 rings (SSSR count). The monoisotopic (exact) mass is 647 g/mol. The Labute approximate surface area is 269 Å². The summed E-state index contributed by atoms with van der Waals surface area (Å²) in [5.74, 6) is 0.261. The molecular weight excluding hydrogens is 599 g/mol. The highest BCUT2D eigenvalue weighted by Gasteiger charge is 2.68. The topological polar surface area (TPSA) is 129 Å². The van der Waals surface area contributed by atoms with Gasteiger partial charge >= 0.3 is 5.97 Å². The molecule has 0 aromatic carbocycles. The summed E-state index contributed by atoms with van der Waals surface area (Å²) in [6.07, 6.45) is 6.04. The van der Waals surface area contributed by atoms with Crippen LogP contribution in [0.3, 0.4) is 0 Å². The number of aromatic nitrogens is 1. The van der Waals surface area contributed by atoms with Crippen molar-refractivity contribution in [3.8, 4) is 0 Å². The number of ether oxygens (including phenoxy) is 1. The minimum Gasteiger partial charge on any atom is -0.461 e. The van der Waals surface area contributed by atoms with Gasteiger partial charge in [-0.05, 0) is 62.3 Å². The van der Waals surface area contributed by atoms with Crippen molar-refractivity contribution in [1.82, 2.24) is 9.88 Å². The van der Waals surface area contributed by atoms with Gasteiger partial charge < -0.3 is 20.3 Å². The number of thiazole rings is 1. The number of hydrogen-bond donors (Lipinski definition) is 3. The van der Waals surface area contributed by atoms with E-state index in [1.807, 2.05) is 23.3 Å². The number of ketones is 1. The fourth-order valence-electron chi connectivity index (χ4n) is 9.02. The van der Waals surface area contributed by atoms with Crippen LogP contribution < -0.4 is 5.32 Å². The predicted molar refractivity (Wildman–Crippen MR) is 173 cm³/mol. The van der Waals surface area contributed by atoms with Crippen LogP contribution in [0.4, 0.5) is 5.13 Å². The van der Waals surface area contributed by atoms with Crippen molar-refractivity contribution in [2.45, 2.75) is 96.6 Å². The Morgan fingerprint density at radius 3 is 2.80 bits per heavy atom. The van der Waals surface area contributed by atoms with E-state index in [1.54, 1.807) is 0 Å².